The zero-order chi connectivity index (χ0) is 19.2. The van der Waals surface area contributed by atoms with E-state index in [0.29, 0.717) is 36.3 Å². The van der Waals surface area contributed by atoms with Gasteiger partial charge >= 0.3 is 0 Å². The molecule has 0 spiro atoms. The molecule has 27 heavy (non-hydrogen) atoms. The molecule has 0 radical (unpaired) electrons. The molecular formula is C21H21N3O3. The van der Waals surface area contributed by atoms with Crippen molar-refractivity contribution in [1.29, 1.82) is 0 Å². The van der Waals surface area contributed by atoms with E-state index in [0.717, 1.165) is 17.5 Å². The highest BCUT2D eigenvalue weighted by Crippen LogP contribution is 2.19. The van der Waals surface area contributed by atoms with E-state index in [1.165, 1.54) is 6.08 Å². The van der Waals surface area contributed by atoms with Crippen LogP contribution in [0.4, 0.5) is 11.4 Å². The molecule has 1 aliphatic rings. The summed E-state index contributed by atoms with van der Waals surface area (Å²) in [6.07, 6.45) is 2.91. The number of carbonyl (C=O) groups excluding carboxylic acids is 3. The lowest BCUT2D eigenvalue weighted by molar-refractivity contribution is -0.116. The van der Waals surface area contributed by atoms with Crippen LogP contribution in [0.25, 0.3) is 0 Å². The van der Waals surface area contributed by atoms with Gasteiger partial charge in [0.25, 0.3) is 5.91 Å². The fraction of sp³-hybridized carbons (Fsp3) is 0.190. The molecule has 0 aromatic heterocycles. The fourth-order valence-electron chi connectivity index (χ4n) is 2.92. The Bertz CT molecular complexity index is 888. The molecule has 1 aliphatic heterocycles. The fourth-order valence-corrected chi connectivity index (χ4v) is 2.92. The second-order valence-corrected chi connectivity index (χ2v) is 6.32. The van der Waals surface area contributed by atoms with Gasteiger partial charge in [-0.25, -0.2) is 0 Å². The zero-order valence-corrected chi connectivity index (χ0v) is 14.9. The molecule has 6 nitrogen and oxygen atoms in total. The number of hydrogen-bond acceptors (Lipinski definition) is 3. The van der Waals surface area contributed by atoms with Gasteiger partial charge in [-0.3, -0.25) is 14.4 Å². The van der Waals surface area contributed by atoms with E-state index in [1.807, 2.05) is 24.3 Å². The first kappa shape index (κ1) is 18.4. The van der Waals surface area contributed by atoms with Crippen molar-refractivity contribution in [2.24, 2.45) is 0 Å². The van der Waals surface area contributed by atoms with Gasteiger partial charge in [0, 0.05) is 29.9 Å². The van der Waals surface area contributed by atoms with Crippen LogP contribution in [-0.4, -0.2) is 24.3 Å². The lowest BCUT2D eigenvalue weighted by Gasteiger charge is -2.17. The number of fused-ring (bicyclic) bond motifs is 1. The highest BCUT2D eigenvalue weighted by atomic mass is 16.2. The second kappa shape index (κ2) is 8.31. The Labute approximate surface area is 157 Å². The Hall–Kier alpha value is -3.41. The van der Waals surface area contributed by atoms with Gasteiger partial charge in [0.15, 0.2) is 0 Å². The highest BCUT2D eigenvalue weighted by molar-refractivity contribution is 5.99. The Kier molecular flexibility index (Phi) is 5.66. The molecule has 0 saturated heterocycles. The van der Waals surface area contributed by atoms with E-state index < -0.39 is 0 Å². The Morgan fingerprint density at radius 3 is 2.56 bits per heavy atom. The van der Waals surface area contributed by atoms with E-state index >= 15 is 0 Å². The maximum atomic E-state index is 12.2. The van der Waals surface area contributed by atoms with E-state index in [1.54, 1.807) is 18.2 Å². The van der Waals surface area contributed by atoms with Crippen LogP contribution in [0.3, 0.4) is 0 Å². The Morgan fingerprint density at radius 2 is 1.81 bits per heavy atom. The minimum atomic E-state index is -0.263. The molecule has 2 aromatic rings. The van der Waals surface area contributed by atoms with E-state index in [4.69, 9.17) is 0 Å². The number of anilines is 2. The van der Waals surface area contributed by atoms with Gasteiger partial charge in [-0.15, -0.1) is 0 Å². The van der Waals surface area contributed by atoms with Crippen molar-refractivity contribution in [2.75, 3.05) is 17.2 Å². The standard InChI is InChI=1S/C21H21N3O3/c1-2-19(25)23-16-7-3-14(4-8-16)5-10-20(26)24-17-9-6-15-11-12-22-21(27)18(15)13-17/h2-4,6-9,13H,1,5,10-12H2,(H,22,27)(H,23,25)(H,24,26). The van der Waals surface area contributed by atoms with Crippen molar-refractivity contribution in [1.82, 2.24) is 5.32 Å². The van der Waals surface area contributed by atoms with Crippen molar-refractivity contribution in [3.8, 4) is 0 Å². The van der Waals surface area contributed by atoms with Crippen molar-refractivity contribution in [3.63, 3.8) is 0 Å². The smallest absolute Gasteiger partial charge is 0.251 e. The molecule has 1 heterocycles. The average Bonchev–Trinajstić information content (AvgIpc) is 2.68. The third-order valence-corrected chi connectivity index (χ3v) is 4.37. The monoisotopic (exact) mass is 363 g/mol. The number of benzene rings is 2. The molecule has 0 saturated carbocycles. The molecule has 0 aliphatic carbocycles. The first-order valence-corrected chi connectivity index (χ1v) is 8.78. The average molecular weight is 363 g/mol. The summed E-state index contributed by atoms with van der Waals surface area (Å²) >= 11 is 0. The molecule has 3 amide bonds. The SMILES string of the molecule is C=CC(=O)Nc1ccc(CCC(=O)Nc2ccc3c(c2)C(=O)NCC3)cc1. The lowest BCUT2D eigenvalue weighted by atomic mass is 10.00. The van der Waals surface area contributed by atoms with Gasteiger partial charge in [0.2, 0.25) is 11.8 Å². The van der Waals surface area contributed by atoms with E-state index in [9.17, 15) is 14.4 Å². The molecule has 0 bridgehead atoms. The summed E-state index contributed by atoms with van der Waals surface area (Å²) < 4.78 is 0. The van der Waals surface area contributed by atoms with Gasteiger partial charge in [-0.05, 0) is 54.3 Å². The maximum absolute atomic E-state index is 12.2. The Morgan fingerprint density at radius 1 is 1.07 bits per heavy atom. The summed E-state index contributed by atoms with van der Waals surface area (Å²) in [7, 11) is 0. The second-order valence-electron chi connectivity index (χ2n) is 6.32. The molecule has 3 N–H and O–H groups in total. The van der Waals surface area contributed by atoms with Crippen LogP contribution in [0, 0.1) is 0 Å². The molecule has 0 atom stereocenters. The molecule has 0 unspecified atom stereocenters. The summed E-state index contributed by atoms with van der Waals surface area (Å²) in [4.78, 5) is 35.4. The van der Waals surface area contributed by atoms with Gasteiger partial charge in [0.1, 0.15) is 0 Å². The number of carbonyl (C=O) groups is 3. The minimum Gasteiger partial charge on any atom is -0.352 e. The first-order chi connectivity index (χ1) is 13.0. The zero-order valence-electron chi connectivity index (χ0n) is 14.9. The van der Waals surface area contributed by atoms with Crippen LogP contribution >= 0.6 is 0 Å². The van der Waals surface area contributed by atoms with Crippen LogP contribution in [0.1, 0.15) is 27.9 Å². The van der Waals surface area contributed by atoms with E-state index in [-0.39, 0.29) is 17.7 Å². The normalized spacial score (nSPS) is 12.5. The van der Waals surface area contributed by atoms with Crippen LogP contribution in [0.2, 0.25) is 0 Å². The van der Waals surface area contributed by atoms with E-state index in [2.05, 4.69) is 22.5 Å². The topological polar surface area (TPSA) is 87.3 Å². The summed E-state index contributed by atoms with van der Waals surface area (Å²) in [5.41, 5.74) is 3.92. The van der Waals surface area contributed by atoms with Gasteiger partial charge in [-0.1, -0.05) is 24.8 Å². The van der Waals surface area contributed by atoms with Gasteiger partial charge in [-0.2, -0.15) is 0 Å². The molecule has 0 fully saturated rings. The number of amides is 3. The van der Waals surface area contributed by atoms with Crippen molar-refractivity contribution >= 4 is 29.1 Å². The number of hydrogen-bond donors (Lipinski definition) is 3. The molecule has 2 aromatic carbocycles. The van der Waals surface area contributed by atoms with Crippen LogP contribution < -0.4 is 16.0 Å². The third-order valence-electron chi connectivity index (χ3n) is 4.37. The first-order valence-electron chi connectivity index (χ1n) is 8.78. The van der Waals surface area contributed by atoms with Crippen molar-refractivity contribution in [2.45, 2.75) is 19.3 Å². The summed E-state index contributed by atoms with van der Waals surface area (Å²) in [6, 6.07) is 12.8. The minimum absolute atomic E-state index is 0.101. The number of aryl methyl sites for hydroxylation is 1. The highest BCUT2D eigenvalue weighted by Gasteiger charge is 2.17. The quantitative estimate of drug-likeness (QED) is 0.690. The van der Waals surface area contributed by atoms with Crippen LogP contribution in [-0.2, 0) is 22.4 Å². The Balaban J connectivity index is 1.54. The predicted molar refractivity (Wildman–Crippen MR) is 105 cm³/mol. The summed E-state index contributed by atoms with van der Waals surface area (Å²) in [5, 5.41) is 8.32. The third kappa shape index (κ3) is 4.82. The lowest BCUT2D eigenvalue weighted by Crippen LogP contribution is -2.31. The largest absolute Gasteiger partial charge is 0.352 e. The van der Waals surface area contributed by atoms with Crippen LogP contribution in [0.5, 0.6) is 0 Å². The number of rotatable bonds is 6. The molecule has 6 heteroatoms. The van der Waals surface area contributed by atoms with Gasteiger partial charge < -0.3 is 16.0 Å². The molecular weight excluding hydrogens is 342 g/mol. The van der Waals surface area contributed by atoms with Crippen molar-refractivity contribution < 1.29 is 14.4 Å². The summed E-state index contributed by atoms with van der Waals surface area (Å²) in [5.74, 6) is -0.480. The molecule has 3 rings (SSSR count). The van der Waals surface area contributed by atoms with Crippen molar-refractivity contribution in [3.05, 3.63) is 71.8 Å². The van der Waals surface area contributed by atoms with Gasteiger partial charge in [0.05, 0.1) is 0 Å². The number of nitrogens with one attached hydrogen (secondary N) is 3. The van der Waals surface area contributed by atoms with Crippen LogP contribution in [0.15, 0.2) is 55.1 Å². The maximum Gasteiger partial charge on any atom is 0.251 e. The predicted octanol–water partition coefficient (Wildman–Crippen LogP) is 2.67. The summed E-state index contributed by atoms with van der Waals surface area (Å²) in [6.45, 7) is 4.05. The molecule has 138 valence electrons.